The van der Waals surface area contributed by atoms with Crippen molar-refractivity contribution in [3.8, 4) is 0 Å². The van der Waals surface area contributed by atoms with E-state index in [1.165, 1.54) is 19.4 Å². The first-order chi connectivity index (χ1) is 34.0. The second-order valence-corrected chi connectivity index (χ2v) is 23.4. The van der Waals surface area contributed by atoms with Crippen molar-refractivity contribution in [2.75, 3.05) is 19.8 Å². The Morgan fingerprint density at radius 2 is 1.24 bits per heavy atom. The van der Waals surface area contributed by atoms with E-state index in [9.17, 15) is 66.4 Å². The Kier molecular flexibility index (Phi) is 16.7. The first-order valence-electron chi connectivity index (χ1n) is 26.3. The third-order valence-corrected chi connectivity index (χ3v) is 18.9. The molecule has 72 heavy (non-hydrogen) atoms. The van der Waals surface area contributed by atoms with Crippen LogP contribution >= 0.6 is 0 Å². The lowest BCUT2D eigenvalue weighted by molar-refractivity contribution is -0.388. The summed E-state index contributed by atoms with van der Waals surface area (Å²) in [5.74, 6) is 0.0232. The molecular weight excluding hydrogens is 953 g/mol. The molecule has 414 valence electrons. The van der Waals surface area contributed by atoms with Crippen LogP contribution in [0, 0.1) is 40.4 Å². The van der Waals surface area contributed by atoms with Crippen LogP contribution in [0.4, 0.5) is 0 Å². The molecule has 9 aliphatic rings. The SMILES string of the molecule is C[C@H](CC[C@]1(O)C[C@@H]2[C@@H](C[C@@H]3[C@H]4CC=C5C[C@@H](O[C@@H]6O[C@H](CO)[C@@H](O[C@@H]7O[C@@H](C)[C@H](O)[C@@H](O)[C@H]7O)[C@H](O)[C@H]6O[C@@H]6O[C@@H](C)[C@H](O)[C@@H](O)[C@H]6O)CC[C@]5(C)[C@H]4CC[C@@]32C)O1)CO[C@@H]1O[C@H](CO)[C@@H](O)[C@H](O)[C@H]1O. The molecule has 0 aromatic heterocycles. The van der Waals surface area contributed by atoms with E-state index in [4.69, 9.17) is 42.6 Å². The van der Waals surface area contributed by atoms with Crippen LogP contribution < -0.4 is 0 Å². The van der Waals surface area contributed by atoms with Crippen LogP contribution in [0.5, 0.6) is 0 Å². The highest BCUT2D eigenvalue weighted by Gasteiger charge is 2.66. The van der Waals surface area contributed by atoms with E-state index >= 15 is 0 Å². The van der Waals surface area contributed by atoms with E-state index in [1.807, 2.05) is 6.92 Å². The van der Waals surface area contributed by atoms with Crippen molar-refractivity contribution < 1.29 is 109 Å². The third-order valence-electron chi connectivity index (χ3n) is 18.9. The molecule has 0 bridgehead atoms. The Labute approximate surface area is 419 Å². The van der Waals surface area contributed by atoms with E-state index in [0.717, 1.165) is 32.1 Å². The molecule has 0 unspecified atom stereocenters. The Morgan fingerprint density at radius 1 is 0.639 bits per heavy atom. The molecule has 22 heteroatoms. The molecular formula is C50H82O22. The summed E-state index contributed by atoms with van der Waals surface area (Å²) in [5.41, 5.74) is 1.11. The van der Waals surface area contributed by atoms with Crippen LogP contribution in [0.25, 0.3) is 0 Å². The number of fused-ring (bicyclic) bond motifs is 7. The molecule has 9 rings (SSSR count). The fourth-order valence-corrected chi connectivity index (χ4v) is 14.4. The first kappa shape index (κ1) is 55.6. The maximum atomic E-state index is 12.0. The van der Waals surface area contributed by atoms with Gasteiger partial charge in [-0.05, 0) is 106 Å². The van der Waals surface area contributed by atoms with Gasteiger partial charge in [0.25, 0.3) is 0 Å². The number of aliphatic hydroxyl groups excluding tert-OH is 12. The lowest BCUT2D eigenvalue weighted by atomic mass is 9.47. The Balaban J connectivity index is 0.836. The summed E-state index contributed by atoms with van der Waals surface area (Å²) in [7, 11) is 0. The number of hydrogen-bond donors (Lipinski definition) is 13. The van der Waals surface area contributed by atoms with Crippen molar-refractivity contribution in [3.05, 3.63) is 11.6 Å². The first-order valence-corrected chi connectivity index (χ1v) is 26.3. The van der Waals surface area contributed by atoms with E-state index in [2.05, 4.69) is 19.9 Å². The molecule has 0 spiro atoms. The van der Waals surface area contributed by atoms with Gasteiger partial charge in [0.05, 0.1) is 44.2 Å². The minimum Gasteiger partial charge on any atom is -0.394 e. The summed E-state index contributed by atoms with van der Waals surface area (Å²) in [6, 6.07) is 0. The Hall–Kier alpha value is -1.14. The van der Waals surface area contributed by atoms with Gasteiger partial charge in [0.15, 0.2) is 30.9 Å². The quantitative estimate of drug-likeness (QED) is 0.0819. The molecule has 5 saturated heterocycles. The lowest BCUT2D eigenvalue weighted by Gasteiger charge is -2.58. The van der Waals surface area contributed by atoms with Crippen molar-refractivity contribution in [2.24, 2.45) is 40.4 Å². The maximum Gasteiger partial charge on any atom is 0.187 e. The summed E-state index contributed by atoms with van der Waals surface area (Å²) in [6.45, 7) is 8.56. The number of hydrogen-bond acceptors (Lipinski definition) is 22. The summed E-state index contributed by atoms with van der Waals surface area (Å²) in [6.07, 6.45) is -19.8. The van der Waals surface area contributed by atoms with Gasteiger partial charge in [0.2, 0.25) is 0 Å². The summed E-state index contributed by atoms with van der Waals surface area (Å²) in [5, 5.41) is 138. The molecule has 5 heterocycles. The van der Waals surface area contributed by atoms with Gasteiger partial charge in [-0.15, -0.1) is 0 Å². The molecule has 5 aliphatic heterocycles. The maximum absolute atomic E-state index is 12.0. The van der Waals surface area contributed by atoms with E-state index < -0.39 is 148 Å². The highest BCUT2D eigenvalue weighted by Crippen LogP contribution is 2.69. The van der Waals surface area contributed by atoms with E-state index in [1.54, 1.807) is 0 Å². The average molecular weight is 1040 g/mol. The van der Waals surface area contributed by atoms with Crippen LogP contribution in [-0.4, -0.2) is 227 Å². The van der Waals surface area contributed by atoms with Gasteiger partial charge in [0.1, 0.15) is 85.5 Å². The summed E-state index contributed by atoms with van der Waals surface area (Å²) < 4.78 is 54.4. The van der Waals surface area contributed by atoms with E-state index in [0.29, 0.717) is 49.9 Å². The third kappa shape index (κ3) is 10.1. The lowest BCUT2D eigenvalue weighted by Crippen LogP contribution is -2.66. The van der Waals surface area contributed by atoms with Crippen LogP contribution in [-0.2, 0) is 42.6 Å². The van der Waals surface area contributed by atoms with Crippen molar-refractivity contribution in [2.45, 2.75) is 240 Å². The number of allylic oxidation sites excluding steroid dienone is 1. The van der Waals surface area contributed by atoms with Crippen LogP contribution in [0.2, 0.25) is 0 Å². The molecule has 0 aromatic rings. The Morgan fingerprint density at radius 3 is 1.88 bits per heavy atom. The van der Waals surface area contributed by atoms with Crippen LogP contribution in [0.1, 0.15) is 98.8 Å². The monoisotopic (exact) mass is 1030 g/mol. The van der Waals surface area contributed by atoms with Crippen molar-refractivity contribution in [3.63, 3.8) is 0 Å². The minimum atomic E-state index is -1.75. The summed E-state index contributed by atoms with van der Waals surface area (Å²) in [4.78, 5) is 0. The van der Waals surface area contributed by atoms with Gasteiger partial charge in [0, 0.05) is 12.8 Å². The molecule has 0 radical (unpaired) electrons. The smallest absolute Gasteiger partial charge is 0.187 e. The van der Waals surface area contributed by atoms with Crippen LogP contribution in [0.15, 0.2) is 11.6 Å². The summed E-state index contributed by atoms with van der Waals surface area (Å²) >= 11 is 0. The number of rotatable bonds is 14. The largest absolute Gasteiger partial charge is 0.394 e. The number of ether oxygens (including phenoxy) is 9. The Bertz CT molecular complexity index is 1860. The van der Waals surface area contributed by atoms with Gasteiger partial charge in [-0.2, -0.15) is 0 Å². The van der Waals surface area contributed by atoms with Gasteiger partial charge in [-0.3, -0.25) is 0 Å². The number of aliphatic hydroxyl groups is 13. The topological polar surface area (TPSA) is 346 Å². The van der Waals surface area contributed by atoms with Gasteiger partial charge >= 0.3 is 0 Å². The molecule has 13 N–H and O–H groups in total. The van der Waals surface area contributed by atoms with Crippen molar-refractivity contribution >= 4 is 0 Å². The molecule has 8 fully saturated rings. The molecule has 0 aromatic carbocycles. The van der Waals surface area contributed by atoms with Gasteiger partial charge < -0.3 is 109 Å². The van der Waals surface area contributed by atoms with E-state index in [-0.39, 0.29) is 35.4 Å². The molecule has 3 saturated carbocycles. The second-order valence-electron chi connectivity index (χ2n) is 23.4. The zero-order chi connectivity index (χ0) is 51.9. The molecule has 22 nitrogen and oxygen atoms in total. The van der Waals surface area contributed by atoms with Crippen molar-refractivity contribution in [1.29, 1.82) is 0 Å². The average Bonchev–Trinajstić information content (AvgIpc) is 3.84. The predicted molar refractivity (Wildman–Crippen MR) is 244 cm³/mol. The van der Waals surface area contributed by atoms with Crippen LogP contribution in [0.3, 0.4) is 0 Å². The fraction of sp³-hybridized carbons (Fsp3) is 0.960. The predicted octanol–water partition coefficient (Wildman–Crippen LogP) is -2.23. The second kappa shape index (κ2) is 21.6. The molecule has 30 atom stereocenters. The zero-order valence-electron chi connectivity index (χ0n) is 41.8. The standard InChI is InChI=1S/C50H82O22/c1-20(19-64-44-38(59)37(58)34(55)30(17-51)68-44)8-13-50(63)16-28-29(72-50)15-27-25-7-6-23-14-24(9-11-48(23,4)26(25)10-12-49(27,28)5)67-47-43(71-46-40(61)36(57)33(54)22(3)66-46)41(62)42(31(18-52)69-47)70-45-39(60)35(56)32(53)21(2)65-45/h6,20-22,24-47,51-63H,7-19H2,1-5H3/t20-,21+,22+,24+,25+,26+,27-,28-,29-,30-,31-,32+,33+,34-,35-,36-,37+,38-,39-,40-,41+,42-,43-,44-,45+,46+,47-,48+,49+,50-/m1/s1. The normalized spacial score (nSPS) is 55.1. The van der Waals surface area contributed by atoms with Gasteiger partial charge in [-0.1, -0.05) is 32.4 Å². The highest BCUT2D eigenvalue weighted by atomic mass is 16.8. The zero-order valence-corrected chi connectivity index (χ0v) is 41.8. The van der Waals surface area contributed by atoms with Gasteiger partial charge in [-0.25, -0.2) is 0 Å². The molecule has 0 amide bonds. The highest BCUT2D eigenvalue weighted by molar-refractivity contribution is 5.26. The van der Waals surface area contributed by atoms with Crippen molar-refractivity contribution in [1.82, 2.24) is 0 Å². The minimum absolute atomic E-state index is 0.0305. The fourth-order valence-electron chi connectivity index (χ4n) is 14.4. The molecule has 4 aliphatic carbocycles.